The Balaban J connectivity index is 2.13. The van der Waals surface area contributed by atoms with Crippen LogP contribution in [0.5, 0.6) is 0 Å². The van der Waals surface area contributed by atoms with E-state index in [2.05, 4.69) is 0 Å². The van der Waals surface area contributed by atoms with E-state index in [9.17, 15) is 4.79 Å². The quantitative estimate of drug-likeness (QED) is 0.841. The molecule has 18 heavy (non-hydrogen) atoms. The van der Waals surface area contributed by atoms with E-state index in [1.165, 1.54) is 19.3 Å². The van der Waals surface area contributed by atoms with Crippen LogP contribution in [0.15, 0.2) is 24.3 Å². The third-order valence-electron chi connectivity index (χ3n) is 4.06. The van der Waals surface area contributed by atoms with Gasteiger partial charge in [0.05, 0.1) is 5.02 Å². The van der Waals surface area contributed by atoms with E-state index in [0.29, 0.717) is 23.6 Å². The highest BCUT2D eigenvalue weighted by atomic mass is 35.5. The molecule has 0 unspecified atom stereocenters. The molecule has 0 bridgehead atoms. The normalized spacial score (nSPS) is 18.6. The molecule has 2 N–H and O–H groups in total. The van der Waals surface area contributed by atoms with E-state index in [-0.39, 0.29) is 11.2 Å². The molecule has 0 saturated heterocycles. The fraction of sp³-hybridized carbons (Fsp3) is 0.533. The van der Waals surface area contributed by atoms with Crippen molar-refractivity contribution in [3.05, 3.63) is 34.9 Å². The van der Waals surface area contributed by atoms with E-state index in [4.69, 9.17) is 17.3 Å². The predicted molar refractivity (Wildman–Crippen MR) is 75.0 cm³/mol. The lowest BCUT2D eigenvalue weighted by Crippen LogP contribution is -2.35. The number of rotatable bonds is 4. The van der Waals surface area contributed by atoms with Gasteiger partial charge >= 0.3 is 0 Å². The maximum absolute atomic E-state index is 12.4. The molecule has 98 valence electrons. The Labute approximate surface area is 114 Å². The summed E-state index contributed by atoms with van der Waals surface area (Å²) in [6.45, 7) is 0.600. The zero-order chi connectivity index (χ0) is 13.0. The van der Waals surface area contributed by atoms with Gasteiger partial charge in [0.2, 0.25) is 0 Å². The predicted octanol–water partition coefficient (Wildman–Crippen LogP) is 3.82. The summed E-state index contributed by atoms with van der Waals surface area (Å²) in [5.41, 5.74) is 6.56. The van der Waals surface area contributed by atoms with Crippen molar-refractivity contribution >= 4 is 17.4 Å². The van der Waals surface area contributed by atoms with Crippen molar-refractivity contribution in [2.45, 2.75) is 38.5 Å². The van der Waals surface area contributed by atoms with Crippen LogP contribution in [0.4, 0.5) is 0 Å². The molecule has 0 aliphatic heterocycles. The number of carbonyl (C=O) groups excluding carboxylic acids is 1. The van der Waals surface area contributed by atoms with Gasteiger partial charge in [0.15, 0.2) is 5.78 Å². The van der Waals surface area contributed by atoms with Crippen LogP contribution in [0.25, 0.3) is 0 Å². The summed E-state index contributed by atoms with van der Waals surface area (Å²) >= 11 is 6.07. The maximum Gasteiger partial charge on any atom is 0.164 e. The Kier molecular flexibility index (Phi) is 4.41. The number of hydrogen-bond donors (Lipinski definition) is 1. The van der Waals surface area contributed by atoms with Crippen LogP contribution in [0.2, 0.25) is 5.02 Å². The molecule has 2 rings (SSSR count). The van der Waals surface area contributed by atoms with Gasteiger partial charge in [-0.05, 0) is 36.9 Å². The Morgan fingerprint density at radius 3 is 2.50 bits per heavy atom. The number of benzene rings is 1. The van der Waals surface area contributed by atoms with Gasteiger partial charge in [-0.25, -0.2) is 0 Å². The molecule has 1 aromatic rings. The molecule has 1 fully saturated rings. The van der Waals surface area contributed by atoms with E-state index in [0.717, 1.165) is 12.8 Å². The smallest absolute Gasteiger partial charge is 0.164 e. The molecule has 0 spiro atoms. The minimum Gasteiger partial charge on any atom is -0.330 e. The van der Waals surface area contributed by atoms with Crippen molar-refractivity contribution in [2.75, 3.05) is 6.54 Å². The Morgan fingerprint density at radius 1 is 1.22 bits per heavy atom. The number of Topliss-reactive ketones (excluding diaryl/α,β-unsaturated/α-hetero) is 1. The van der Waals surface area contributed by atoms with Gasteiger partial charge in [-0.1, -0.05) is 43.0 Å². The van der Waals surface area contributed by atoms with Gasteiger partial charge < -0.3 is 5.73 Å². The molecule has 1 saturated carbocycles. The number of hydrogen-bond acceptors (Lipinski definition) is 2. The van der Waals surface area contributed by atoms with Crippen LogP contribution in [0.3, 0.4) is 0 Å². The maximum atomic E-state index is 12.4. The van der Waals surface area contributed by atoms with Crippen LogP contribution < -0.4 is 5.73 Å². The Hall–Kier alpha value is -0.860. The number of halogens is 1. The fourth-order valence-corrected chi connectivity index (χ4v) is 3.12. The van der Waals surface area contributed by atoms with Crippen molar-refractivity contribution in [1.29, 1.82) is 0 Å². The molecule has 3 heteroatoms. The summed E-state index contributed by atoms with van der Waals surface area (Å²) < 4.78 is 0. The lowest BCUT2D eigenvalue weighted by molar-refractivity contribution is 0.0868. The molecule has 0 radical (unpaired) electrons. The van der Waals surface area contributed by atoms with Crippen molar-refractivity contribution in [1.82, 2.24) is 0 Å². The molecule has 1 aliphatic carbocycles. The van der Waals surface area contributed by atoms with Crippen molar-refractivity contribution in [3.63, 3.8) is 0 Å². The zero-order valence-corrected chi connectivity index (χ0v) is 11.4. The van der Waals surface area contributed by atoms with Crippen LogP contribution in [0.1, 0.15) is 48.9 Å². The van der Waals surface area contributed by atoms with Gasteiger partial charge in [0, 0.05) is 12.0 Å². The highest BCUT2D eigenvalue weighted by Crippen LogP contribution is 2.39. The summed E-state index contributed by atoms with van der Waals surface area (Å²) in [5.74, 6) is 0.132. The summed E-state index contributed by atoms with van der Waals surface area (Å²) in [5, 5.41) is 0.547. The summed E-state index contributed by atoms with van der Waals surface area (Å²) in [4.78, 5) is 12.4. The largest absolute Gasteiger partial charge is 0.330 e. The molecule has 0 amide bonds. The number of nitrogens with two attached hydrogens (primary N) is 1. The minimum atomic E-state index is 0.00844. The van der Waals surface area contributed by atoms with Gasteiger partial charge in [-0.15, -0.1) is 0 Å². The average molecular weight is 266 g/mol. The van der Waals surface area contributed by atoms with Crippen molar-refractivity contribution in [3.8, 4) is 0 Å². The van der Waals surface area contributed by atoms with E-state index in [1.807, 2.05) is 12.1 Å². The highest BCUT2D eigenvalue weighted by molar-refractivity contribution is 6.33. The third-order valence-corrected chi connectivity index (χ3v) is 4.39. The van der Waals surface area contributed by atoms with Gasteiger partial charge in [0.1, 0.15) is 0 Å². The summed E-state index contributed by atoms with van der Waals surface area (Å²) in [7, 11) is 0. The van der Waals surface area contributed by atoms with Gasteiger partial charge in [-0.2, -0.15) is 0 Å². The summed E-state index contributed by atoms with van der Waals surface area (Å²) in [6, 6.07) is 7.27. The third kappa shape index (κ3) is 2.93. The van der Waals surface area contributed by atoms with Gasteiger partial charge in [0.25, 0.3) is 0 Å². The first-order chi connectivity index (χ1) is 8.67. The zero-order valence-electron chi connectivity index (χ0n) is 10.6. The second-order valence-electron chi connectivity index (χ2n) is 5.34. The first kappa shape index (κ1) is 13.6. The fourth-order valence-electron chi connectivity index (χ4n) is 2.88. The standard InChI is InChI=1S/C15H20ClNO/c16-13-7-3-2-6-12(13)14(18)10-15(11-17)8-4-1-5-9-15/h2-3,6-7H,1,4-5,8-11,17H2. The van der Waals surface area contributed by atoms with E-state index >= 15 is 0 Å². The molecule has 0 aromatic heterocycles. The van der Waals surface area contributed by atoms with E-state index in [1.54, 1.807) is 12.1 Å². The second-order valence-corrected chi connectivity index (χ2v) is 5.75. The molecular formula is C15H20ClNO. The van der Waals surface area contributed by atoms with Crippen LogP contribution in [-0.2, 0) is 0 Å². The second kappa shape index (κ2) is 5.85. The Bertz CT molecular complexity index is 424. The lowest BCUT2D eigenvalue weighted by atomic mass is 9.70. The minimum absolute atomic E-state index is 0.00844. The molecule has 1 aliphatic rings. The summed E-state index contributed by atoms with van der Waals surface area (Å²) in [6.07, 6.45) is 6.31. The molecule has 0 heterocycles. The highest BCUT2D eigenvalue weighted by Gasteiger charge is 2.33. The van der Waals surface area contributed by atoms with Crippen LogP contribution >= 0.6 is 11.6 Å². The number of carbonyl (C=O) groups is 1. The monoisotopic (exact) mass is 265 g/mol. The van der Waals surface area contributed by atoms with E-state index < -0.39 is 0 Å². The lowest BCUT2D eigenvalue weighted by Gasteiger charge is -2.35. The SMILES string of the molecule is NCC1(CC(=O)c2ccccc2Cl)CCCCC1. The first-order valence-corrected chi connectivity index (χ1v) is 7.02. The number of ketones is 1. The van der Waals surface area contributed by atoms with Crippen molar-refractivity contribution < 1.29 is 4.79 Å². The molecule has 0 atom stereocenters. The molecule has 1 aromatic carbocycles. The average Bonchev–Trinajstić information content (AvgIpc) is 2.40. The molecular weight excluding hydrogens is 246 g/mol. The van der Waals surface area contributed by atoms with Crippen LogP contribution in [0, 0.1) is 5.41 Å². The molecule has 2 nitrogen and oxygen atoms in total. The first-order valence-electron chi connectivity index (χ1n) is 6.65. The van der Waals surface area contributed by atoms with Crippen LogP contribution in [-0.4, -0.2) is 12.3 Å². The van der Waals surface area contributed by atoms with Crippen molar-refractivity contribution in [2.24, 2.45) is 11.1 Å². The van der Waals surface area contributed by atoms with Gasteiger partial charge in [-0.3, -0.25) is 4.79 Å². The topological polar surface area (TPSA) is 43.1 Å². The Morgan fingerprint density at radius 2 is 1.89 bits per heavy atom.